The monoisotopic (exact) mass is 246 g/mol. The quantitative estimate of drug-likeness (QED) is 0.797. The number of carboxylic acid groups (broad SMARTS) is 1. The molecule has 1 aliphatic rings. The first kappa shape index (κ1) is 12.3. The van der Waals surface area contributed by atoms with Crippen molar-refractivity contribution in [3.8, 4) is 0 Å². The number of carbonyl (C=O) groups is 2. The number of anilines is 1. The van der Waals surface area contributed by atoms with Crippen LogP contribution in [0.4, 0.5) is 5.69 Å². The summed E-state index contributed by atoms with van der Waals surface area (Å²) in [6, 6.07) is 2.91. The van der Waals surface area contributed by atoms with E-state index < -0.39 is 5.97 Å². The molecule has 2 rings (SSSR count). The van der Waals surface area contributed by atoms with E-state index in [1.807, 2.05) is 0 Å². The molecular formula is C13H14N2O3. The van der Waals surface area contributed by atoms with E-state index in [-0.39, 0.29) is 11.6 Å². The Balaban J connectivity index is 1.90. The third-order valence-electron chi connectivity index (χ3n) is 2.83. The molecule has 0 aromatic carbocycles. The SMILES string of the molecule is O=C(CC1C=CCC1)Nc1ccc(C(=O)O)nc1. The molecule has 5 nitrogen and oxygen atoms in total. The van der Waals surface area contributed by atoms with Gasteiger partial charge in [-0.15, -0.1) is 0 Å². The Bertz CT molecular complexity index is 480. The molecule has 0 fully saturated rings. The fourth-order valence-electron chi connectivity index (χ4n) is 1.91. The van der Waals surface area contributed by atoms with Gasteiger partial charge in [0.1, 0.15) is 5.69 Å². The van der Waals surface area contributed by atoms with E-state index in [0.717, 1.165) is 12.8 Å². The lowest BCUT2D eigenvalue weighted by Crippen LogP contribution is -2.15. The Hall–Kier alpha value is -2.17. The van der Waals surface area contributed by atoms with Gasteiger partial charge in [-0.1, -0.05) is 12.2 Å². The minimum atomic E-state index is -1.08. The van der Waals surface area contributed by atoms with Gasteiger partial charge < -0.3 is 10.4 Å². The molecule has 1 aliphatic carbocycles. The van der Waals surface area contributed by atoms with E-state index in [0.29, 0.717) is 18.0 Å². The van der Waals surface area contributed by atoms with E-state index >= 15 is 0 Å². The normalized spacial score (nSPS) is 17.7. The Kier molecular flexibility index (Phi) is 3.72. The topological polar surface area (TPSA) is 79.3 Å². The maximum atomic E-state index is 11.7. The van der Waals surface area contributed by atoms with Crippen LogP contribution in [-0.4, -0.2) is 22.0 Å². The molecule has 0 radical (unpaired) electrons. The van der Waals surface area contributed by atoms with Gasteiger partial charge in [-0.2, -0.15) is 0 Å². The van der Waals surface area contributed by atoms with Crippen LogP contribution in [0.5, 0.6) is 0 Å². The van der Waals surface area contributed by atoms with E-state index in [2.05, 4.69) is 22.5 Å². The number of amides is 1. The Morgan fingerprint density at radius 2 is 2.28 bits per heavy atom. The lowest BCUT2D eigenvalue weighted by Gasteiger charge is -2.08. The molecule has 5 heteroatoms. The first-order valence-electron chi connectivity index (χ1n) is 5.81. The van der Waals surface area contributed by atoms with Crippen molar-refractivity contribution in [1.82, 2.24) is 4.98 Å². The molecule has 94 valence electrons. The summed E-state index contributed by atoms with van der Waals surface area (Å²) in [5.74, 6) is -0.836. The van der Waals surface area contributed by atoms with Gasteiger partial charge in [0.15, 0.2) is 0 Å². The number of carbonyl (C=O) groups excluding carboxylic acids is 1. The third-order valence-corrected chi connectivity index (χ3v) is 2.83. The van der Waals surface area contributed by atoms with Gasteiger partial charge >= 0.3 is 5.97 Å². The summed E-state index contributed by atoms with van der Waals surface area (Å²) < 4.78 is 0. The van der Waals surface area contributed by atoms with E-state index in [1.54, 1.807) is 6.07 Å². The van der Waals surface area contributed by atoms with Gasteiger partial charge in [0.05, 0.1) is 11.9 Å². The number of allylic oxidation sites excluding steroid dienone is 2. The summed E-state index contributed by atoms with van der Waals surface area (Å²) in [4.78, 5) is 26.0. The fourth-order valence-corrected chi connectivity index (χ4v) is 1.91. The van der Waals surface area contributed by atoms with E-state index in [4.69, 9.17) is 5.11 Å². The molecule has 0 saturated carbocycles. The predicted octanol–water partition coefficient (Wildman–Crippen LogP) is 2.07. The lowest BCUT2D eigenvalue weighted by atomic mass is 10.1. The highest BCUT2D eigenvalue weighted by molar-refractivity contribution is 5.91. The number of nitrogens with zero attached hydrogens (tertiary/aromatic N) is 1. The second-order valence-corrected chi connectivity index (χ2v) is 4.26. The lowest BCUT2D eigenvalue weighted by molar-refractivity contribution is -0.116. The number of rotatable bonds is 4. The van der Waals surface area contributed by atoms with Gasteiger partial charge in [-0.25, -0.2) is 9.78 Å². The van der Waals surface area contributed by atoms with Crippen LogP contribution in [0.25, 0.3) is 0 Å². The molecule has 1 heterocycles. The van der Waals surface area contributed by atoms with Crippen LogP contribution in [0, 0.1) is 5.92 Å². The Morgan fingerprint density at radius 1 is 1.44 bits per heavy atom. The average molecular weight is 246 g/mol. The molecule has 1 amide bonds. The number of aromatic carboxylic acids is 1. The van der Waals surface area contributed by atoms with Crippen LogP contribution in [0.15, 0.2) is 30.5 Å². The van der Waals surface area contributed by atoms with Gasteiger partial charge in [-0.05, 0) is 30.9 Å². The molecule has 0 spiro atoms. The highest BCUT2D eigenvalue weighted by Gasteiger charge is 2.14. The first-order valence-corrected chi connectivity index (χ1v) is 5.81. The van der Waals surface area contributed by atoms with Crippen LogP contribution < -0.4 is 5.32 Å². The molecule has 0 saturated heterocycles. The molecular weight excluding hydrogens is 232 g/mol. The van der Waals surface area contributed by atoms with Gasteiger partial charge in [0, 0.05) is 6.42 Å². The number of hydrogen-bond donors (Lipinski definition) is 2. The number of hydrogen-bond acceptors (Lipinski definition) is 3. The summed E-state index contributed by atoms with van der Waals surface area (Å²) in [7, 11) is 0. The minimum absolute atomic E-state index is 0.0354. The van der Waals surface area contributed by atoms with Crippen LogP contribution in [0.2, 0.25) is 0 Å². The standard InChI is InChI=1S/C13H14N2O3/c16-12(7-9-3-1-2-4-9)15-10-5-6-11(13(17)18)14-8-10/h1,3,5-6,8-9H,2,4,7H2,(H,15,16)(H,17,18). The van der Waals surface area contributed by atoms with E-state index in [1.165, 1.54) is 12.3 Å². The van der Waals surface area contributed by atoms with Gasteiger partial charge in [0.25, 0.3) is 0 Å². The number of nitrogens with one attached hydrogen (secondary N) is 1. The van der Waals surface area contributed by atoms with Crippen LogP contribution >= 0.6 is 0 Å². The third kappa shape index (κ3) is 3.16. The van der Waals surface area contributed by atoms with Crippen molar-refractivity contribution in [2.24, 2.45) is 5.92 Å². The highest BCUT2D eigenvalue weighted by Crippen LogP contribution is 2.20. The van der Waals surface area contributed by atoms with E-state index in [9.17, 15) is 9.59 Å². The zero-order chi connectivity index (χ0) is 13.0. The van der Waals surface area contributed by atoms with Crippen molar-refractivity contribution in [2.75, 3.05) is 5.32 Å². The summed E-state index contributed by atoms with van der Waals surface area (Å²) in [6.07, 6.45) is 8.01. The summed E-state index contributed by atoms with van der Waals surface area (Å²) in [6.45, 7) is 0. The maximum Gasteiger partial charge on any atom is 0.354 e. The Labute approximate surface area is 105 Å². The molecule has 0 bridgehead atoms. The van der Waals surface area contributed by atoms with Crippen molar-refractivity contribution in [2.45, 2.75) is 19.3 Å². The molecule has 2 N–H and O–H groups in total. The number of pyridine rings is 1. The maximum absolute atomic E-state index is 11.7. The molecule has 1 aromatic rings. The van der Waals surface area contributed by atoms with Crippen molar-refractivity contribution in [3.05, 3.63) is 36.2 Å². The summed E-state index contributed by atoms with van der Waals surface area (Å²) in [5.41, 5.74) is 0.485. The van der Waals surface area contributed by atoms with Crippen molar-refractivity contribution in [1.29, 1.82) is 0 Å². The van der Waals surface area contributed by atoms with Gasteiger partial charge in [0.2, 0.25) is 5.91 Å². The molecule has 18 heavy (non-hydrogen) atoms. The predicted molar refractivity (Wildman–Crippen MR) is 66.3 cm³/mol. The average Bonchev–Trinajstić information content (AvgIpc) is 2.82. The summed E-state index contributed by atoms with van der Waals surface area (Å²) in [5, 5.41) is 11.4. The van der Waals surface area contributed by atoms with Crippen LogP contribution in [0.1, 0.15) is 29.8 Å². The van der Waals surface area contributed by atoms with Crippen molar-refractivity contribution < 1.29 is 14.7 Å². The van der Waals surface area contributed by atoms with Crippen LogP contribution in [0.3, 0.4) is 0 Å². The molecule has 1 unspecified atom stereocenters. The highest BCUT2D eigenvalue weighted by atomic mass is 16.4. The largest absolute Gasteiger partial charge is 0.477 e. The number of aromatic nitrogens is 1. The molecule has 1 aromatic heterocycles. The van der Waals surface area contributed by atoms with Crippen LogP contribution in [-0.2, 0) is 4.79 Å². The smallest absolute Gasteiger partial charge is 0.354 e. The molecule has 1 atom stereocenters. The summed E-state index contributed by atoms with van der Waals surface area (Å²) >= 11 is 0. The second-order valence-electron chi connectivity index (χ2n) is 4.26. The zero-order valence-electron chi connectivity index (χ0n) is 9.80. The second kappa shape index (κ2) is 5.44. The van der Waals surface area contributed by atoms with Gasteiger partial charge in [-0.3, -0.25) is 4.79 Å². The Morgan fingerprint density at radius 3 is 2.83 bits per heavy atom. The minimum Gasteiger partial charge on any atom is -0.477 e. The van der Waals surface area contributed by atoms with Crippen molar-refractivity contribution >= 4 is 17.6 Å². The molecule has 0 aliphatic heterocycles. The van der Waals surface area contributed by atoms with Crippen molar-refractivity contribution in [3.63, 3.8) is 0 Å². The number of carboxylic acids is 1. The zero-order valence-corrected chi connectivity index (χ0v) is 9.80. The first-order chi connectivity index (χ1) is 8.65. The fraction of sp³-hybridized carbons (Fsp3) is 0.308.